The molecule has 1 amide bonds. The fourth-order valence-corrected chi connectivity index (χ4v) is 4.10. The first-order chi connectivity index (χ1) is 15.6. The molecule has 6 nitrogen and oxygen atoms in total. The van der Waals surface area contributed by atoms with Crippen molar-refractivity contribution in [3.63, 3.8) is 0 Å². The monoisotopic (exact) mass is 424 g/mol. The lowest BCUT2D eigenvalue weighted by atomic mass is 10.1. The summed E-state index contributed by atoms with van der Waals surface area (Å²) >= 11 is 0. The van der Waals surface area contributed by atoms with Crippen LogP contribution in [0, 0.1) is 6.92 Å². The van der Waals surface area contributed by atoms with E-state index in [9.17, 15) is 9.59 Å². The molecule has 0 spiro atoms. The van der Waals surface area contributed by atoms with E-state index in [-0.39, 0.29) is 11.5 Å². The molecule has 0 atom stereocenters. The molecule has 1 aliphatic heterocycles. The number of fused-ring (bicyclic) bond motifs is 1. The van der Waals surface area contributed by atoms with Crippen LogP contribution in [-0.4, -0.2) is 28.5 Å². The van der Waals surface area contributed by atoms with Crippen LogP contribution in [0.3, 0.4) is 0 Å². The maximum absolute atomic E-state index is 13.6. The van der Waals surface area contributed by atoms with Gasteiger partial charge in [0, 0.05) is 24.3 Å². The minimum atomic E-state index is -0.231. The van der Waals surface area contributed by atoms with E-state index < -0.39 is 0 Å². The Morgan fingerprint density at radius 3 is 2.38 bits per heavy atom. The van der Waals surface area contributed by atoms with Crippen molar-refractivity contribution < 1.29 is 4.79 Å². The SMILES string of the molecule is Cc1ccc(-n2c(N3CCCC3)nc3cc(C(=O)Nc4ccccc4)ccc3c2=O)cc1. The van der Waals surface area contributed by atoms with Gasteiger partial charge in [-0.1, -0.05) is 35.9 Å². The second-order valence-corrected chi connectivity index (χ2v) is 8.13. The summed E-state index contributed by atoms with van der Waals surface area (Å²) in [5.74, 6) is 0.398. The molecule has 1 N–H and O–H groups in total. The molecule has 160 valence electrons. The highest BCUT2D eigenvalue weighted by molar-refractivity contribution is 6.06. The van der Waals surface area contributed by atoms with Gasteiger partial charge in [-0.15, -0.1) is 0 Å². The summed E-state index contributed by atoms with van der Waals surface area (Å²) in [5.41, 5.74) is 3.51. The van der Waals surface area contributed by atoms with Gasteiger partial charge in [0.15, 0.2) is 0 Å². The van der Waals surface area contributed by atoms with Gasteiger partial charge in [0.1, 0.15) is 0 Å². The Labute approximate surface area is 186 Å². The number of nitrogens with zero attached hydrogens (tertiary/aromatic N) is 3. The largest absolute Gasteiger partial charge is 0.342 e. The molecular weight excluding hydrogens is 400 g/mol. The fraction of sp³-hybridized carbons (Fsp3) is 0.192. The Morgan fingerprint density at radius 2 is 1.66 bits per heavy atom. The van der Waals surface area contributed by atoms with Gasteiger partial charge in [-0.25, -0.2) is 9.55 Å². The molecule has 6 heteroatoms. The van der Waals surface area contributed by atoms with E-state index in [0.717, 1.165) is 42.9 Å². The lowest BCUT2D eigenvalue weighted by Crippen LogP contribution is -2.30. The van der Waals surface area contributed by atoms with E-state index in [1.165, 1.54) is 0 Å². The molecule has 2 heterocycles. The van der Waals surface area contributed by atoms with E-state index >= 15 is 0 Å². The molecule has 1 aromatic heterocycles. The molecule has 0 radical (unpaired) electrons. The van der Waals surface area contributed by atoms with Crippen LogP contribution in [-0.2, 0) is 0 Å². The van der Waals surface area contributed by atoms with Crippen molar-refractivity contribution in [1.82, 2.24) is 9.55 Å². The summed E-state index contributed by atoms with van der Waals surface area (Å²) in [4.78, 5) is 33.4. The average molecular weight is 425 g/mol. The number of hydrogen-bond donors (Lipinski definition) is 1. The molecule has 1 aliphatic rings. The van der Waals surface area contributed by atoms with E-state index in [0.29, 0.717) is 22.4 Å². The Bertz CT molecular complexity index is 1340. The van der Waals surface area contributed by atoms with Crippen molar-refractivity contribution in [3.8, 4) is 5.69 Å². The second kappa shape index (κ2) is 8.30. The molecule has 5 rings (SSSR count). The predicted octanol–water partition coefficient (Wildman–Crippen LogP) is 4.55. The molecule has 3 aromatic carbocycles. The number of hydrogen-bond acceptors (Lipinski definition) is 4. The number of amides is 1. The highest BCUT2D eigenvalue weighted by Gasteiger charge is 2.21. The van der Waals surface area contributed by atoms with E-state index in [1.54, 1.807) is 22.8 Å². The molecule has 1 saturated heterocycles. The average Bonchev–Trinajstić information content (AvgIpc) is 3.35. The summed E-state index contributed by atoms with van der Waals surface area (Å²) in [5, 5.41) is 3.38. The normalized spacial score (nSPS) is 13.5. The topological polar surface area (TPSA) is 67.2 Å². The second-order valence-electron chi connectivity index (χ2n) is 8.13. The molecule has 0 aliphatic carbocycles. The quantitative estimate of drug-likeness (QED) is 0.522. The minimum Gasteiger partial charge on any atom is -0.342 e. The first-order valence-electron chi connectivity index (χ1n) is 10.9. The summed E-state index contributed by atoms with van der Waals surface area (Å²) < 4.78 is 1.69. The summed E-state index contributed by atoms with van der Waals surface area (Å²) in [7, 11) is 0. The number of carbonyl (C=O) groups is 1. The third kappa shape index (κ3) is 3.75. The van der Waals surface area contributed by atoms with Gasteiger partial charge in [0.2, 0.25) is 5.95 Å². The van der Waals surface area contributed by atoms with Crippen molar-refractivity contribution >= 4 is 28.4 Å². The van der Waals surface area contributed by atoms with E-state index in [2.05, 4.69) is 10.2 Å². The Kier molecular flexibility index (Phi) is 5.19. The van der Waals surface area contributed by atoms with Gasteiger partial charge in [0.25, 0.3) is 11.5 Å². The smallest absolute Gasteiger partial charge is 0.267 e. The van der Waals surface area contributed by atoms with Crippen LogP contribution < -0.4 is 15.8 Å². The number of aromatic nitrogens is 2. The van der Waals surface area contributed by atoms with Gasteiger partial charge in [-0.3, -0.25) is 9.59 Å². The van der Waals surface area contributed by atoms with Crippen molar-refractivity contribution in [2.45, 2.75) is 19.8 Å². The molecular formula is C26H24N4O2. The van der Waals surface area contributed by atoms with Gasteiger partial charge in [-0.2, -0.15) is 0 Å². The highest BCUT2D eigenvalue weighted by Crippen LogP contribution is 2.24. The minimum absolute atomic E-state index is 0.129. The number of nitrogens with one attached hydrogen (secondary N) is 1. The van der Waals surface area contributed by atoms with Crippen LogP contribution in [0.2, 0.25) is 0 Å². The molecule has 0 bridgehead atoms. The number of para-hydroxylation sites is 1. The molecule has 0 unspecified atom stereocenters. The van der Waals surface area contributed by atoms with Crippen LogP contribution in [0.15, 0.2) is 77.6 Å². The van der Waals surface area contributed by atoms with Crippen molar-refractivity contribution in [2.24, 2.45) is 0 Å². The Morgan fingerprint density at radius 1 is 0.938 bits per heavy atom. The number of anilines is 2. The van der Waals surface area contributed by atoms with Gasteiger partial charge in [0.05, 0.1) is 16.6 Å². The van der Waals surface area contributed by atoms with Crippen LogP contribution in [0.5, 0.6) is 0 Å². The maximum Gasteiger partial charge on any atom is 0.267 e. The van der Waals surface area contributed by atoms with Crippen molar-refractivity contribution in [3.05, 3.63) is 94.3 Å². The summed E-state index contributed by atoms with van der Waals surface area (Å²) in [6, 6.07) is 22.3. The van der Waals surface area contributed by atoms with Crippen LogP contribution >= 0.6 is 0 Å². The Hall–Kier alpha value is -3.93. The van der Waals surface area contributed by atoms with Gasteiger partial charge < -0.3 is 10.2 Å². The summed E-state index contributed by atoms with van der Waals surface area (Å²) in [6.07, 6.45) is 2.14. The van der Waals surface area contributed by atoms with Crippen molar-refractivity contribution in [2.75, 3.05) is 23.3 Å². The maximum atomic E-state index is 13.6. The van der Waals surface area contributed by atoms with Crippen LogP contribution in [0.25, 0.3) is 16.6 Å². The summed E-state index contributed by atoms with van der Waals surface area (Å²) in [6.45, 7) is 3.74. The van der Waals surface area contributed by atoms with Gasteiger partial charge in [-0.05, 0) is 62.2 Å². The first kappa shape index (κ1) is 20.0. The van der Waals surface area contributed by atoms with Crippen LogP contribution in [0.4, 0.5) is 11.6 Å². The molecule has 1 fully saturated rings. The lowest BCUT2D eigenvalue weighted by molar-refractivity contribution is 0.102. The zero-order valence-electron chi connectivity index (χ0n) is 17.9. The first-order valence-corrected chi connectivity index (χ1v) is 10.9. The Balaban J connectivity index is 1.62. The third-order valence-corrected chi connectivity index (χ3v) is 5.83. The van der Waals surface area contributed by atoms with Crippen molar-refractivity contribution in [1.29, 1.82) is 0 Å². The number of rotatable bonds is 4. The highest BCUT2D eigenvalue weighted by atomic mass is 16.1. The van der Waals surface area contributed by atoms with E-state index in [4.69, 9.17) is 4.98 Å². The van der Waals surface area contributed by atoms with Crippen LogP contribution in [0.1, 0.15) is 28.8 Å². The molecule has 0 saturated carbocycles. The predicted molar refractivity (Wildman–Crippen MR) is 128 cm³/mol. The standard InChI is InChI=1S/C26H24N4O2/c1-18-9-12-21(13-10-18)30-25(32)22-14-11-19(24(31)27-20-7-3-2-4-8-20)17-23(22)28-26(30)29-15-5-6-16-29/h2-4,7-14,17H,5-6,15-16H2,1H3,(H,27,31). The van der Waals surface area contributed by atoms with E-state index in [1.807, 2.05) is 61.5 Å². The zero-order valence-corrected chi connectivity index (χ0v) is 17.9. The number of aryl methyl sites for hydroxylation is 1. The zero-order chi connectivity index (χ0) is 22.1. The number of benzene rings is 3. The lowest BCUT2D eigenvalue weighted by Gasteiger charge is -2.22. The fourth-order valence-electron chi connectivity index (χ4n) is 4.10. The molecule has 32 heavy (non-hydrogen) atoms. The van der Waals surface area contributed by atoms with Gasteiger partial charge >= 0.3 is 0 Å². The number of carbonyl (C=O) groups excluding carboxylic acids is 1. The molecule has 4 aromatic rings. The third-order valence-electron chi connectivity index (χ3n) is 5.83.